The number of amides is 2. The van der Waals surface area contributed by atoms with E-state index < -0.39 is 41.6 Å². The van der Waals surface area contributed by atoms with Crippen molar-refractivity contribution in [2.75, 3.05) is 39.2 Å². The summed E-state index contributed by atoms with van der Waals surface area (Å²) in [4.78, 5) is 16.1. The molecule has 0 aliphatic rings. The van der Waals surface area contributed by atoms with Crippen LogP contribution in [-0.4, -0.2) is 66.9 Å². The zero-order chi connectivity index (χ0) is 27.0. The predicted octanol–water partition coefficient (Wildman–Crippen LogP) is 4.98. The maximum Gasteiger partial charge on any atom is 0.416 e. The van der Waals surface area contributed by atoms with Crippen molar-refractivity contribution in [3.05, 3.63) is 65.2 Å². The first-order valence-corrected chi connectivity index (χ1v) is 11.4. The van der Waals surface area contributed by atoms with E-state index in [0.717, 1.165) is 42.5 Å². The highest BCUT2D eigenvalue weighted by Gasteiger charge is 2.30. The first-order valence-electron chi connectivity index (χ1n) is 11.4. The Morgan fingerprint density at radius 2 is 1.72 bits per heavy atom. The Kier molecular flexibility index (Phi) is 10.6. The van der Waals surface area contributed by atoms with E-state index in [9.17, 15) is 31.9 Å². The molecule has 6 nitrogen and oxygen atoms in total. The molecule has 0 aromatic heterocycles. The van der Waals surface area contributed by atoms with Gasteiger partial charge in [-0.3, -0.25) is 4.90 Å². The number of nitrogens with one attached hydrogen (secondary N) is 1. The van der Waals surface area contributed by atoms with E-state index in [2.05, 4.69) is 5.32 Å². The third kappa shape index (κ3) is 8.42. The zero-order valence-electron chi connectivity index (χ0n) is 20.6. The molecule has 2 amide bonds. The van der Waals surface area contributed by atoms with Gasteiger partial charge in [0.15, 0.2) is 0 Å². The number of methoxy groups -OCH3 is 1. The van der Waals surface area contributed by atoms with E-state index in [-0.39, 0.29) is 36.9 Å². The Balaban J connectivity index is 2.06. The third-order valence-electron chi connectivity index (χ3n) is 5.88. The normalized spacial score (nSPS) is 14.4. The van der Waals surface area contributed by atoms with Gasteiger partial charge in [0, 0.05) is 43.9 Å². The van der Waals surface area contributed by atoms with Crippen molar-refractivity contribution in [1.29, 1.82) is 0 Å². The molecule has 0 saturated heterocycles. The molecule has 200 valence electrons. The van der Waals surface area contributed by atoms with Crippen LogP contribution in [0.25, 0.3) is 0 Å². The minimum Gasteiger partial charge on any atom is -0.394 e. The van der Waals surface area contributed by atoms with Crippen molar-refractivity contribution in [3.8, 4) is 0 Å². The third-order valence-corrected chi connectivity index (χ3v) is 5.88. The quantitative estimate of drug-likeness (QED) is 0.413. The number of aliphatic hydroxyl groups excluding tert-OH is 1. The maximum atomic E-state index is 14.0. The van der Waals surface area contributed by atoms with Crippen LogP contribution in [0.15, 0.2) is 42.5 Å². The number of nitrogens with zero attached hydrogens (tertiary/aromatic N) is 2. The fourth-order valence-corrected chi connectivity index (χ4v) is 3.74. The van der Waals surface area contributed by atoms with Crippen LogP contribution in [0.3, 0.4) is 0 Å². The largest absolute Gasteiger partial charge is 0.416 e. The minimum atomic E-state index is -4.49. The number of ether oxygens (including phenoxy) is 1. The van der Waals surface area contributed by atoms with Crippen molar-refractivity contribution >= 4 is 11.7 Å². The van der Waals surface area contributed by atoms with Crippen LogP contribution < -0.4 is 5.32 Å². The van der Waals surface area contributed by atoms with Gasteiger partial charge in [-0.1, -0.05) is 6.92 Å². The molecule has 2 aromatic carbocycles. The summed E-state index contributed by atoms with van der Waals surface area (Å²) < 4.78 is 71.5. The van der Waals surface area contributed by atoms with Gasteiger partial charge >= 0.3 is 12.2 Å². The lowest BCUT2D eigenvalue weighted by Gasteiger charge is -2.34. The molecule has 2 N–H and O–H groups in total. The summed E-state index contributed by atoms with van der Waals surface area (Å²) in [6.45, 7) is 3.79. The Labute approximate surface area is 207 Å². The molecule has 2 aromatic rings. The first kappa shape index (κ1) is 29.5. The first-order chi connectivity index (χ1) is 16.8. The van der Waals surface area contributed by atoms with Gasteiger partial charge in [0.2, 0.25) is 0 Å². The summed E-state index contributed by atoms with van der Waals surface area (Å²) in [5.74, 6) is -1.31. The van der Waals surface area contributed by atoms with E-state index in [0.29, 0.717) is 6.54 Å². The van der Waals surface area contributed by atoms with Crippen LogP contribution >= 0.6 is 0 Å². The monoisotopic (exact) mass is 517 g/mol. The second kappa shape index (κ2) is 13.0. The van der Waals surface area contributed by atoms with E-state index >= 15 is 0 Å². The average molecular weight is 518 g/mol. The summed E-state index contributed by atoms with van der Waals surface area (Å²) in [6, 6.07) is 6.13. The average Bonchev–Trinajstić information content (AvgIpc) is 2.82. The smallest absolute Gasteiger partial charge is 0.394 e. The molecule has 0 radical (unpaired) electrons. The van der Waals surface area contributed by atoms with Gasteiger partial charge in [0.25, 0.3) is 0 Å². The van der Waals surface area contributed by atoms with Crippen molar-refractivity contribution in [1.82, 2.24) is 9.80 Å². The number of alkyl halides is 3. The number of urea groups is 1. The molecule has 0 aliphatic heterocycles. The van der Waals surface area contributed by atoms with E-state index in [1.807, 2.05) is 6.92 Å². The van der Waals surface area contributed by atoms with E-state index in [1.165, 1.54) is 12.0 Å². The molecule has 0 heterocycles. The van der Waals surface area contributed by atoms with Crippen molar-refractivity contribution in [3.63, 3.8) is 0 Å². The summed E-state index contributed by atoms with van der Waals surface area (Å²) in [7, 11) is 3.23. The summed E-state index contributed by atoms with van der Waals surface area (Å²) in [5.41, 5.74) is -0.456. The molecule has 36 heavy (non-hydrogen) atoms. The fraction of sp³-hybridized carbons (Fsp3) is 0.480. The molecular formula is C25H32F5N3O3. The van der Waals surface area contributed by atoms with Crippen LogP contribution in [0, 0.1) is 17.6 Å². The second-order valence-corrected chi connectivity index (χ2v) is 8.87. The lowest BCUT2D eigenvalue weighted by atomic mass is 10.0. The van der Waals surface area contributed by atoms with Crippen LogP contribution in [-0.2, 0) is 17.5 Å². The highest BCUT2D eigenvalue weighted by molar-refractivity contribution is 5.89. The van der Waals surface area contributed by atoms with Gasteiger partial charge in [-0.25, -0.2) is 13.6 Å². The maximum absolute atomic E-state index is 14.0. The van der Waals surface area contributed by atoms with Gasteiger partial charge in [-0.15, -0.1) is 0 Å². The number of carbonyl (C=O) groups excluding carboxylic acids is 1. The van der Waals surface area contributed by atoms with Crippen LogP contribution in [0.1, 0.15) is 25.0 Å². The topological polar surface area (TPSA) is 65.0 Å². The molecule has 0 bridgehead atoms. The Morgan fingerprint density at radius 3 is 2.28 bits per heavy atom. The lowest BCUT2D eigenvalue weighted by molar-refractivity contribution is -0.137. The number of carbonyl (C=O) groups is 1. The SMILES string of the molecule is CO[C@@H](CN(C)Cc1cc(F)ccc1F)[C@H](C)CN(C(=O)Nc1ccc(C(F)(F)F)cc1)[C@@H](C)CO. The minimum absolute atomic E-state index is 0.140. The summed E-state index contributed by atoms with van der Waals surface area (Å²) >= 11 is 0. The van der Waals surface area contributed by atoms with Crippen molar-refractivity contribution in [2.24, 2.45) is 5.92 Å². The van der Waals surface area contributed by atoms with Gasteiger partial charge in [0.1, 0.15) is 11.6 Å². The number of benzene rings is 2. The molecule has 3 atom stereocenters. The Bertz CT molecular complexity index is 988. The van der Waals surface area contributed by atoms with Gasteiger partial charge in [-0.2, -0.15) is 13.2 Å². The van der Waals surface area contributed by atoms with E-state index in [1.54, 1.807) is 18.9 Å². The van der Waals surface area contributed by atoms with Crippen molar-refractivity contribution < 1.29 is 36.6 Å². The summed E-state index contributed by atoms with van der Waals surface area (Å²) in [5, 5.41) is 12.2. The number of likely N-dealkylation sites (N-methyl/N-ethyl adjacent to an activating group) is 1. The molecule has 0 aliphatic carbocycles. The number of anilines is 1. The highest BCUT2D eigenvalue weighted by Crippen LogP contribution is 2.30. The molecule has 0 fully saturated rings. The highest BCUT2D eigenvalue weighted by atomic mass is 19.4. The molecule has 0 unspecified atom stereocenters. The number of rotatable bonds is 11. The van der Waals surface area contributed by atoms with Crippen LogP contribution in [0.2, 0.25) is 0 Å². The van der Waals surface area contributed by atoms with Crippen LogP contribution in [0.5, 0.6) is 0 Å². The van der Waals surface area contributed by atoms with E-state index in [4.69, 9.17) is 4.74 Å². The number of hydrogen-bond donors (Lipinski definition) is 2. The Hall–Kier alpha value is -2.76. The standard InChI is InChI=1S/C25H32F5N3O3/c1-16(23(36-4)14-32(3)13-18-11-20(26)7-10-22(18)27)12-33(17(2)15-34)24(35)31-21-8-5-19(6-9-21)25(28,29)30/h5-11,16-17,23,34H,12-15H2,1-4H3,(H,31,35)/t16-,17+,23+/m1/s1. The lowest BCUT2D eigenvalue weighted by Crippen LogP contribution is -2.48. The zero-order valence-corrected chi connectivity index (χ0v) is 20.6. The molecule has 11 heteroatoms. The summed E-state index contributed by atoms with van der Waals surface area (Å²) in [6.07, 6.45) is -4.89. The predicted molar refractivity (Wildman–Crippen MR) is 126 cm³/mol. The van der Waals surface area contributed by atoms with Crippen molar-refractivity contribution in [2.45, 2.75) is 38.7 Å². The van der Waals surface area contributed by atoms with Gasteiger partial charge in [0.05, 0.1) is 24.3 Å². The molecule has 2 rings (SSSR count). The second-order valence-electron chi connectivity index (χ2n) is 8.87. The molecule has 0 spiro atoms. The number of aliphatic hydroxyl groups is 1. The number of hydrogen-bond acceptors (Lipinski definition) is 4. The Morgan fingerprint density at radius 1 is 1.08 bits per heavy atom. The van der Waals surface area contributed by atoms with Crippen LogP contribution in [0.4, 0.5) is 32.4 Å². The fourth-order valence-electron chi connectivity index (χ4n) is 3.74. The molecular weight excluding hydrogens is 485 g/mol. The molecule has 0 saturated carbocycles. The number of halogens is 5. The van der Waals surface area contributed by atoms with Gasteiger partial charge < -0.3 is 20.1 Å². The van der Waals surface area contributed by atoms with Gasteiger partial charge in [-0.05, 0) is 56.4 Å².